The molecule has 2 aliphatic heterocycles. The average molecular weight is 500 g/mol. The van der Waals surface area contributed by atoms with Gasteiger partial charge >= 0.3 is 6.03 Å². The highest BCUT2D eigenvalue weighted by atomic mass is 16.5. The molecule has 192 valence electrons. The Morgan fingerprint density at radius 3 is 2.84 bits per heavy atom. The van der Waals surface area contributed by atoms with Gasteiger partial charge in [-0.05, 0) is 50.1 Å². The number of anilines is 1. The summed E-state index contributed by atoms with van der Waals surface area (Å²) < 4.78 is 9.87. The van der Waals surface area contributed by atoms with E-state index in [9.17, 15) is 4.79 Å². The molecule has 0 aliphatic carbocycles. The normalized spacial score (nSPS) is 18.5. The molecule has 0 saturated carbocycles. The molecule has 2 aliphatic rings. The number of ether oxygens (including phenoxy) is 1. The third-order valence-corrected chi connectivity index (χ3v) is 7.93. The van der Waals surface area contributed by atoms with E-state index >= 15 is 0 Å². The van der Waals surface area contributed by atoms with E-state index in [4.69, 9.17) is 4.74 Å². The highest BCUT2D eigenvalue weighted by Crippen LogP contribution is 2.35. The molecule has 37 heavy (non-hydrogen) atoms. The fourth-order valence-corrected chi connectivity index (χ4v) is 5.67. The predicted octanol–water partition coefficient (Wildman–Crippen LogP) is 5.34. The monoisotopic (exact) mass is 499 g/mol. The zero-order valence-electron chi connectivity index (χ0n) is 21.9. The van der Waals surface area contributed by atoms with Crippen molar-refractivity contribution in [1.82, 2.24) is 29.2 Å². The molecule has 1 N–H and O–H groups in total. The van der Waals surface area contributed by atoms with Crippen LogP contribution < -0.4 is 10.1 Å². The number of hydrogen-bond donors (Lipinski definition) is 1. The number of aromatic nitrogens is 5. The predicted molar refractivity (Wildman–Crippen MR) is 142 cm³/mol. The zero-order chi connectivity index (χ0) is 25.7. The first-order chi connectivity index (χ1) is 17.9. The lowest BCUT2D eigenvalue weighted by Gasteiger charge is -2.35. The first kappa shape index (κ1) is 23.7. The number of carbonyl (C=O) groups excluding carboxylic acids is 1. The Kier molecular flexibility index (Phi) is 5.75. The molecule has 9 heteroatoms. The molecule has 1 atom stereocenters. The van der Waals surface area contributed by atoms with Gasteiger partial charge in [0.25, 0.3) is 0 Å². The van der Waals surface area contributed by atoms with E-state index in [0.717, 1.165) is 66.8 Å². The lowest BCUT2D eigenvalue weighted by Crippen LogP contribution is -2.40. The summed E-state index contributed by atoms with van der Waals surface area (Å²) in [6.07, 6.45) is 6.37. The summed E-state index contributed by atoms with van der Waals surface area (Å²) in [7, 11) is 0. The van der Waals surface area contributed by atoms with E-state index in [1.807, 2.05) is 35.0 Å². The number of rotatable bonds is 5. The maximum Gasteiger partial charge on any atom is 0.331 e. The van der Waals surface area contributed by atoms with Crippen LogP contribution in [-0.4, -0.2) is 47.8 Å². The molecule has 1 amide bonds. The quantitative estimate of drug-likeness (QED) is 0.399. The minimum Gasteiger partial charge on any atom is -0.439 e. The number of likely N-dealkylation sites (N-methyl/N-ethyl adjacent to an activating group) is 1. The first-order valence-electron chi connectivity index (χ1n) is 13.1. The van der Waals surface area contributed by atoms with Crippen molar-refractivity contribution < 1.29 is 9.53 Å². The topological polar surface area (TPSA) is 90.1 Å². The van der Waals surface area contributed by atoms with Gasteiger partial charge in [-0.25, -0.2) is 14.8 Å². The lowest BCUT2D eigenvalue weighted by atomic mass is 9.89. The number of amides is 1. The fourth-order valence-electron chi connectivity index (χ4n) is 5.67. The van der Waals surface area contributed by atoms with E-state index < -0.39 is 0 Å². The van der Waals surface area contributed by atoms with Crippen molar-refractivity contribution in [3.8, 4) is 11.6 Å². The van der Waals surface area contributed by atoms with Gasteiger partial charge in [-0.3, -0.25) is 19.5 Å². The zero-order valence-corrected chi connectivity index (χ0v) is 21.9. The van der Waals surface area contributed by atoms with Crippen LogP contribution in [0.2, 0.25) is 0 Å². The number of nitrogens with one attached hydrogen (secondary N) is 1. The Morgan fingerprint density at radius 2 is 2.05 bits per heavy atom. The maximum atomic E-state index is 13.1. The SMILES string of the molecule is CC[C@H]1Cc2c(ncnc2Oc2ccc3c(ccn3C(=O)Nc3cc4n(n3)CCC4(C)C)c2)CN1CC. The van der Waals surface area contributed by atoms with Crippen LogP contribution in [0.4, 0.5) is 10.6 Å². The number of aryl methyl sites for hydroxylation is 1. The van der Waals surface area contributed by atoms with Crippen molar-refractivity contribution in [3.63, 3.8) is 0 Å². The van der Waals surface area contributed by atoms with E-state index in [1.165, 1.54) is 0 Å². The number of nitrogens with zero attached hydrogens (tertiary/aromatic N) is 6. The van der Waals surface area contributed by atoms with Gasteiger partial charge in [0.15, 0.2) is 5.82 Å². The molecule has 0 bridgehead atoms. The van der Waals surface area contributed by atoms with Gasteiger partial charge in [-0.2, -0.15) is 5.10 Å². The maximum absolute atomic E-state index is 13.1. The summed E-state index contributed by atoms with van der Waals surface area (Å²) in [6.45, 7) is 11.5. The molecule has 4 aromatic rings. The average Bonchev–Trinajstić information content (AvgIpc) is 3.57. The molecule has 9 nitrogen and oxygen atoms in total. The lowest BCUT2D eigenvalue weighted by molar-refractivity contribution is 0.171. The van der Waals surface area contributed by atoms with Gasteiger partial charge in [0, 0.05) is 53.5 Å². The van der Waals surface area contributed by atoms with Crippen LogP contribution in [-0.2, 0) is 24.9 Å². The van der Waals surface area contributed by atoms with Crippen molar-refractivity contribution in [1.29, 1.82) is 0 Å². The Bertz CT molecular complexity index is 1490. The van der Waals surface area contributed by atoms with Crippen LogP contribution in [0.1, 0.15) is 57.5 Å². The van der Waals surface area contributed by atoms with E-state index in [-0.39, 0.29) is 11.4 Å². The minimum atomic E-state index is -0.241. The Balaban J connectivity index is 1.22. The minimum absolute atomic E-state index is 0.0717. The molecule has 1 aromatic carbocycles. The molecular formula is C28H33N7O2. The van der Waals surface area contributed by atoms with E-state index in [0.29, 0.717) is 23.5 Å². The smallest absolute Gasteiger partial charge is 0.331 e. The van der Waals surface area contributed by atoms with Gasteiger partial charge < -0.3 is 4.74 Å². The largest absolute Gasteiger partial charge is 0.439 e. The summed E-state index contributed by atoms with van der Waals surface area (Å²) >= 11 is 0. The highest BCUT2D eigenvalue weighted by molar-refractivity contribution is 5.98. The Morgan fingerprint density at radius 1 is 1.19 bits per heavy atom. The van der Waals surface area contributed by atoms with Crippen molar-refractivity contribution in [2.45, 2.75) is 71.5 Å². The molecule has 0 unspecified atom stereocenters. The second kappa shape index (κ2) is 8.99. The Labute approximate surface area is 216 Å². The van der Waals surface area contributed by atoms with Crippen LogP contribution in [0.15, 0.2) is 42.9 Å². The van der Waals surface area contributed by atoms with E-state index in [1.54, 1.807) is 17.1 Å². The van der Waals surface area contributed by atoms with Crippen LogP contribution in [0.5, 0.6) is 11.6 Å². The van der Waals surface area contributed by atoms with Gasteiger partial charge in [0.2, 0.25) is 5.88 Å². The molecular weight excluding hydrogens is 466 g/mol. The molecule has 3 aromatic heterocycles. The van der Waals surface area contributed by atoms with Crippen molar-refractivity contribution in [2.24, 2.45) is 0 Å². The summed E-state index contributed by atoms with van der Waals surface area (Å²) in [6, 6.07) is 9.85. The Hall–Kier alpha value is -3.72. The summed E-state index contributed by atoms with van der Waals surface area (Å²) in [5.41, 5.74) is 4.15. The molecule has 0 spiro atoms. The summed E-state index contributed by atoms with van der Waals surface area (Å²) in [5, 5.41) is 8.43. The van der Waals surface area contributed by atoms with Crippen LogP contribution in [0, 0.1) is 0 Å². The number of carbonyl (C=O) groups is 1. The van der Waals surface area contributed by atoms with Gasteiger partial charge in [-0.1, -0.05) is 27.7 Å². The highest BCUT2D eigenvalue weighted by Gasteiger charge is 2.32. The summed E-state index contributed by atoms with van der Waals surface area (Å²) in [5.74, 6) is 1.88. The first-order valence-corrected chi connectivity index (χ1v) is 13.1. The number of hydrogen-bond acceptors (Lipinski definition) is 6. The molecule has 5 heterocycles. The van der Waals surface area contributed by atoms with Gasteiger partial charge in [-0.15, -0.1) is 0 Å². The second-order valence-corrected chi connectivity index (χ2v) is 10.6. The van der Waals surface area contributed by atoms with Crippen LogP contribution in [0.3, 0.4) is 0 Å². The molecule has 0 fully saturated rings. The fraction of sp³-hybridized carbons (Fsp3) is 0.429. The van der Waals surface area contributed by atoms with Crippen LogP contribution in [0.25, 0.3) is 10.9 Å². The van der Waals surface area contributed by atoms with Crippen molar-refractivity contribution in [2.75, 3.05) is 11.9 Å². The molecule has 0 saturated heterocycles. The molecule has 0 radical (unpaired) electrons. The number of benzene rings is 1. The summed E-state index contributed by atoms with van der Waals surface area (Å²) in [4.78, 5) is 24.5. The van der Waals surface area contributed by atoms with Crippen LogP contribution >= 0.6 is 0 Å². The van der Waals surface area contributed by atoms with Crippen molar-refractivity contribution >= 4 is 22.8 Å². The van der Waals surface area contributed by atoms with E-state index in [2.05, 4.69) is 53.0 Å². The molecule has 6 rings (SSSR count). The third kappa shape index (κ3) is 4.17. The second-order valence-electron chi connectivity index (χ2n) is 10.6. The van der Waals surface area contributed by atoms with Gasteiger partial charge in [0.05, 0.1) is 11.2 Å². The van der Waals surface area contributed by atoms with Gasteiger partial charge in [0.1, 0.15) is 12.1 Å². The van der Waals surface area contributed by atoms with Crippen molar-refractivity contribution in [3.05, 3.63) is 59.8 Å². The third-order valence-electron chi connectivity index (χ3n) is 7.93. The number of fused-ring (bicyclic) bond motifs is 3. The standard InChI is InChI=1S/C28H33N7O2/c1-5-19-14-21-22(16-33(19)6-2)29-17-30-26(21)37-20-7-8-23-18(13-20)9-11-34(23)27(36)31-25-15-24-28(3,4)10-12-35(24)32-25/h7-9,11,13,15,17,19H,5-6,10,12,14,16H2,1-4H3,(H,31,32,36)/t19-/m0/s1.